The van der Waals surface area contributed by atoms with Crippen molar-refractivity contribution >= 4 is 35.7 Å². The van der Waals surface area contributed by atoms with Crippen molar-refractivity contribution in [2.45, 2.75) is 27.7 Å². The van der Waals surface area contributed by atoms with Crippen LogP contribution >= 0.6 is 0 Å². The summed E-state index contributed by atoms with van der Waals surface area (Å²) in [6.07, 6.45) is 1.22. The number of esters is 4. The molecule has 0 aromatic heterocycles. The van der Waals surface area contributed by atoms with Gasteiger partial charge in [-0.3, -0.25) is 19.2 Å². The molecule has 0 amide bonds. The lowest BCUT2D eigenvalue weighted by Gasteiger charge is -2.20. The Hall–Kier alpha value is -4.54. The van der Waals surface area contributed by atoms with Gasteiger partial charge < -0.3 is 34.3 Å². The maximum atomic E-state index is 11.8. The smallest absolute Gasteiger partial charge is 0.308 e. The molecule has 2 aromatic carbocycles. The minimum Gasteiger partial charge on any atom is -0.508 e. The van der Waals surface area contributed by atoms with E-state index in [1.165, 1.54) is 30.3 Å². The van der Waals surface area contributed by atoms with Crippen LogP contribution in [0.2, 0.25) is 0 Å². The number of phenols is 3. The van der Waals surface area contributed by atoms with Crippen LogP contribution in [0.4, 0.5) is 0 Å². The average molecular weight is 460 g/mol. The molecule has 0 unspecified atom stereocenters. The van der Waals surface area contributed by atoms with E-state index >= 15 is 0 Å². The number of hydrogen-bond acceptors (Lipinski definition) is 11. The molecule has 0 atom stereocenters. The summed E-state index contributed by atoms with van der Waals surface area (Å²) in [5.41, 5.74) is -0.149. The third-order valence-corrected chi connectivity index (χ3v) is 3.74. The number of ether oxygens (including phenoxy) is 4. The van der Waals surface area contributed by atoms with E-state index in [0.29, 0.717) is 5.56 Å². The lowest BCUT2D eigenvalue weighted by atomic mass is 10.0. The number of benzene rings is 2. The van der Waals surface area contributed by atoms with E-state index in [-0.39, 0.29) is 5.75 Å². The molecular weight excluding hydrogens is 440 g/mol. The van der Waals surface area contributed by atoms with Crippen molar-refractivity contribution in [3.8, 4) is 34.5 Å². The number of carbonyl (C=O) groups is 4. The topological polar surface area (TPSA) is 166 Å². The minimum atomic E-state index is -1.01. The molecule has 11 nitrogen and oxygen atoms in total. The van der Waals surface area contributed by atoms with Crippen LogP contribution in [-0.2, 0) is 23.9 Å². The van der Waals surface area contributed by atoms with Gasteiger partial charge >= 0.3 is 23.9 Å². The van der Waals surface area contributed by atoms with Gasteiger partial charge in [-0.1, -0.05) is 12.1 Å². The SMILES string of the molecule is CC(=O)OC(=Cc1ccc(O)cc1)c1c(OC(C)=O)c(O)c(OC(C)=O)c(O)c1OC(C)=O. The van der Waals surface area contributed by atoms with Crippen LogP contribution in [0.3, 0.4) is 0 Å². The lowest BCUT2D eigenvalue weighted by Crippen LogP contribution is -2.12. The first-order valence-electron chi connectivity index (χ1n) is 9.27. The second-order valence-corrected chi connectivity index (χ2v) is 6.53. The average Bonchev–Trinajstić information content (AvgIpc) is 2.69. The van der Waals surface area contributed by atoms with Crippen molar-refractivity contribution in [2.75, 3.05) is 0 Å². The summed E-state index contributed by atoms with van der Waals surface area (Å²) in [5, 5.41) is 30.8. The number of aromatic hydroxyl groups is 3. The fraction of sp³-hybridized carbons (Fsp3) is 0.182. The third-order valence-electron chi connectivity index (χ3n) is 3.74. The molecule has 0 aliphatic carbocycles. The zero-order chi connectivity index (χ0) is 24.9. The van der Waals surface area contributed by atoms with Gasteiger partial charge in [0, 0.05) is 27.7 Å². The molecule has 0 radical (unpaired) electrons. The van der Waals surface area contributed by atoms with Crippen molar-refractivity contribution in [3.63, 3.8) is 0 Å². The normalized spacial score (nSPS) is 10.8. The van der Waals surface area contributed by atoms with Gasteiger partial charge in [0.15, 0.2) is 11.5 Å². The molecule has 0 fully saturated rings. The van der Waals surface area contributed by atoms with Crippen molar-refractivity contribution in [1.82, 2.24) is 0 Å². The Bertz CT molecular complexity index is 1100. The Morgan fingerprint density at radius 2 is 1.09 bits per heavy atom. The predicted molar refractivity (Wildman–Crippen MR) is 111 cm³/mol. The van der Waals surface area contributed by atoms with Crippen LogP contribution in [0, 0.1) is 0 Å². The van der Waals surface area contributed by atoms with Crippen molar-refractivity contribution in [1.29, 1.82) is 0 Å². The maximum absolute atomic E-state index is 11.8. The molecule has 2 aromatic rings. The van der Waals surface area contributed by atoms with Crippen LogP contribution in [0.5, 0.6) is 34.5 Å². The second kappa shape index (κ2) is 10.2. The molecule has 2 rings (SSSR count). The minimum absolute atomic E-state index is 0.0524. The number of carbonyl (C=O) groups excluding carboxylic acids is 4. The first-order valence-corrected chi connectivity index (χ1v) is 9.27. The fourth-order valence-corrected chi connectivity index (χ4v) is 2.64. The van der Waals surface area contributed by atoms with Crippen LogP contribution in [0.25, 0.3) is 11.8 Å². The fourth-order valence-electron chi connectivity index (χ4n) is 2.64. The zero-order valence-electron chi connectivity index (χ0n) is 18.0. The highest BCUT2D eigenvalue weighted by Gasteiger charge is 2.33. The summed E-state index contributed by atoms with van der Waals surface area (Å²) in [6, 6.07) is 5.53. The molecule has 0 saturated heterocycles. The number of hydrogen-bond donors (Lipinski definition) is 3. The van der Waals surface area contributed by atoms with E-state index in [9.17, 15) is 34.5 Å². The highest BCUT2D eigenvalue weighted by molar-refractivity contribution is 5.94. The molecule has 0 aliphatic rings. The Morgan fingerprint density at radius 3 is 1.48 bits per heavy atom. The van der Waals surface area contributed by atoms with Gasteiger partial charge in [0.2, 0.25) is 17.2 Å². The first kappa shape index (κ1) is 24.7. The van der Waals surface area contributed by atoms with Crippen molar-refractivity contribution < 1.29 is 53.4 Å². The maximum Gasteiger partial charge on any atom is 0.308 e. The summed E-state index contributed by atoms with van der Waals surface area (Å²) >= 11 is 0. The van der Waals surface area contributed by atoms with Crippen LogP contribution in [0.1, 0.15) is 38.8 Å². The van der Waals surface area contributed by atoms with Gasteiger partial charge in [-0.2, -0.15) is 0 Å². The molecule has 174 valence electrons. The summed E-state index contributed by atoms with van der Waals surface area (Å²) in [6.45, 7) is 4.00. The van der Waals surface area contributed by atoms with Gasteiger partial charge in [-0.15, -0.1) is 0 Å². The third kappa shape index (κ3) is 6.23. The standard InChI is InChI=1S/C22H20O11/c1-10(23)30-16(9-14-5-7-15(27)8-6-14)17-20(31-11(2)24)18(28)22(33-13(4)26)19(29)21(17)32-12(3)25/h5-9,27-29H,1-4H3. The quantitative estimate of drug-likeness (QED) is 0.251. The number of phenolic OH excluding ortho intramolecular Hbond substituents is 3. The van der Waals surface area contributed by atoms with Crippen molar-refractivity contribution in [3.05, 3.63) is 35.4 Å². The summed E-state index contributed by atoms with van der Waals surface area (Å²) < 4.78 is 20.1. The molecule has 0 aliphatic heterocycles. The van der Waals surface area contributed by atoms with E-state index < -0.39 is 63.9 Å². The van der Waals surface area contributed by atoms with Gasteiger partial charge in [0.25, 0.3) is 0 Å². The first-order chi connectivity index (χ1) is 15.4. The van der Waals surface area contributed by atoms with E-state index in [1.54, 1.807) is 0 Å². The summed E-state index contributed by atoms with van der Waals surface area (Å²) in [5.74, 6) is -8.51. The van der Waals surface area contributed by atoms with E-state index in [4.69, 9.17) is 18.9 Å². The molecular formula is C22H20O11. The molecule has 0 heterocycles. The van der Waals surface area contributed by atoms with Gasteiger partial charge in [0.1, 0.15) is 17.1 Å². The van der Waals surface area contributed by atoms with E-state index in [2.05, 4.69) is 0 Å². The predicted octanol–water partition coefficient (Wildman–Crippen LogP) is 2.64. The summed E-state index contributed by atoms with van der Waals surface area (Å²) in [4.78, 5) is 46.8. The van der Waals surface area contributed by atoms with Crippen molar-refractivity contribution in [2.24, 2.45) is 0 Å². The molecule has 33 heavy (non-hydrogen) atoms. The zero-order valence-corrected chi connectivity index (χ0v) is 18.0. The lowest BCUT2D eigenvalue weighted by molar-refractivity contribution is -0.134. The Kier molecular flexibility index (Phi) is 7.63. The Labute approximate surface area is 187 Å². The van der Waals surface area contributed by atoms with Gasteiger partial charge in [-0.05, 0) is 23.8 Å². The van der Waals surface area contributed by atoms with Gasteiger partial charge in [0.05, 0.1) is 0 Å². The molecule has 0 saturated carbocycles. The molecule has 11 heteroatoms. The molecule has 0 spiro atoms. The van der Waals surface area contributed by atoms with Crippen LogP contribution in [-0.4, -0.2) is 39.2 Å². The molecule has 0 bridgehead atoms. The van der Waals surface area contributed by atoms with Gasteiger partial charge in [-0.25, -0.2) is 0 Å². The van der Waals surface area contributed by atoms with E-state index in [0.717, 1.165) is 27.7 Å². The molecule has 3 N–H and O–H groups in total. The second-order valence-electron chi connectivity index (χ2n) is 6.53. The van der Waals surface area contributed by atoms with Crippen LogP contribution < -0.4 is 14.2 Å². The Morgan fingerprint density at radius 1 is 0.667 bits per heavy atom. The van der Waals surface area contributed by atoms with Crippen LogP contribution in [0.15, 0.2) is 24.3 Å². The summed E-state index contributed by atoms with van der Waals surface area (Å²) in [7, 11) is 0. The monoisotopic (exact) mass is 460 g/mol. The number of rotatable bonds is 6. The van der Waals surface area contributed by atoms with E-state index in [1.807, 2.05) is 0 Å². The largest absolute Gasteiger partial charge is 0.508 e. The Balaban J connectivity index is 2.98. The highest BCUT2D eigenvalue weighted by atomic mass is 16.6. The highest BCUT2D eigenvalue weighted by Crippen LogP contribution is 2.55.